The van der Waals surface area contributed by atoms with Crippen LogP contribution in [0.3, 0.4) is 0 Å². The summed E-state index contributed by atoms with van der Waals surface area (Å²) in [6.45, 7) is 3.25. The zero-order chi connectivity index (χ0) is 18.7. The summed E-state index contributed by atoms with van der Waals surface area (Å²) in [5, 5.41) is 2.33. The fourth-order valence-corrected chi connectivity index (χ4v) is 2.95. The van der Waals surface area contributed by atoms with Gasteiger partial charge in [-0.25, -0.2) is 9.59 Å². The van der Waals surface area contributed by atoms with Gasteiger partial charge >= 0.3 is 12.1 Å². The number of benzene rings is 1. The number of amides is 1. The third kappa shape index (κ3) is 8.50. The quantitative estimate of drug-likeness (QED) is 0.490. The second-order valence-electron chi connectivity index (χ2n) is 4.97. The van der Waals surface area contributed by atoms with Gasteiger partial charge in [0.1, 0.15) is 11.8 Å². The summed E-state index contributed by atoms with van der Waals surface area (Å²) in [5.41, 5.74) is 0.592. The van der Waals surface area contributed by atoms with Crippen molar-refractivity contribution in [2.24, 2.45) is 0 Å². The number of carbonyl (C=O) groups excluding carboxylic acids is 2. The third-order valence-electron chi connectivity index (χ3n) is 2.99. The van der Waals surface area contributed by atoms with Gasteiger partial charge in [0.05, 0.1) is 19.8 Å². The van der Waals surface area contributed by atoms with Gasteiger partial charge in [0.25, 0.3) is 10.1 Å². The number of nitrogens with one attached hydrogen (secondary N) is 1. The maximum Gasteiger partial charge on any atom is 0.407 e. The summed E-state index contributed by atoms with van der Waals surface area (Å²) in [7, 11) is -3.80. The van der Waals surface area contributed by atoms with E-state index in [-0.39, 0.29) is 32.0 Å². The number of hydrogen-bond donors (Lipinski definition) is 1. The maximum absolute atomic E-state index is 12.0. The van der Waals surface area contributed by atoms with Crippen molar-refractivity contribution in [3.05, 3.63) is 35.9 Å². The lowest BCUT2D eigenvalue weighted by Gasteiger charge is -2.16. The molecular weight excluding hydrogens is 350 g/mol. The highest BCUT2D eigenvalue weighted by atomic mass is 32.2. The molecule has 0 bridgehead atoms. The predicted molar refractivity (Wildman–Crippen MR) is 90.2 cm³/mol. The molecule has 0 aromatic heterocycles. The van der Waals surface area contributed by atoms with Crippen LogP contribution in [-0.2, 0) is 34.3 Å². The minimum Gasteiger partial charge on any atom is -0.464 e. The van der Waals surface area contributed by atoms with Crippen molar-refractivity contribution in [1.29, 1.82) is 0 Å². The number of carbonyl (C=O) groups is 2. The van der Waals surface area contributed by atoms with Gasteiger partial charge in [-0.05, 0) is 19.4 Å². The molecule has 0 saturated carbocycles. The van der Waals surface area contributed by atoms with Gasteiger partial charge in [0.2, 0.25) is 0 Å². The Hall–Kier alpha value is -2.13. The van der Waals surface area contributed by atoms with E-state index in [1.165, 1.54) is 0 Å². The normalized spacial score (nSPS) is 12.2. The monoisotopic (exact) mass is 373 g/mol. The van der Waals surface area contributed by atoms with Crippen LogP contribution < -0.4 is 5.32 Å². The minimum absolute atomic E-state index is 0.0638. The van der Waals surface area contributed by atoms with Crippen molar-refractivity contribution in [2.75, 3.05) is 19.8 Å². The van der Waals surface area contributed by atoms with Crippen molar-refractivity contribution in [3.63, 3.8) is 0 Å². The Balaban J connectivity index is 2.57. The lowest BCUT2D eigenvalue weighted by atomic mass is 10.2. The molecule has 0 radical (unpaired) electrons. The Morgan fingerprint density at radius 3 is 2.32 bits per heavy atom. The number of esters is 1. The molecule has 1 aromatic rings. The molecule has 1 N–H and O–H groups in total. The summed E-state index contributed by atoms with van der Waals surface area (Å²) in [6, 6.07) is 7.53. The molecule has 1 aromatic carbocycles. The topological polar surface area (TPSA) is 108 Å². The van der Waals surface area contributed by atoms with Crippen LogP contribution in [0.1, 0.15) is 25.8 Å². The number of ether oxygens (including phenoxy) is 2. The Labute approximate surface area is 147 Å². The second kappa shape index (κ2) is 10.7. The Kier molecular flexibility index (Phi) is 8.93. The van der Waals surface area contributed by atoms with E-state index in [9.17, 15) is 18.0 Å². The highest BCUT2D eigenvalue weighted by molar-refractivity contribution is 7.85. The molecule has 0 saturated heterocycles. The molecule has 25 heavy (non-hydrogen) atoms. The first-order chi connectivity index (χ1) is 11.9. The molecule has 1 amide bonds. The zero-order valence-corrected chi connectivity index (χ0v) is 15.1. The molecule has 0 aliphatic rings. The molecule has 140 valence electrons. The zero-order valence-electron chi connectivity index (χ0n) is 14.3. The van der Waals surface area contributed by atoms with Gasteiger partial charge in [0.15, 0.2) is 0 Å². The predicted octanol–water partition coefficient (Wildman–Crippen LogP) is 1.60. The van der Waals surface area contributed by atoms with Crippen molar-refractivity contribution in [1.82, 2.24) is 5.32 Å². The van der Waals surface area contributed by atoms with E-state index in [4.69, 9.17) is 13.7 Å². The molecule has 0 aliphatic heterocycles. The van der Waals surface area contributed by atoms with Crippen molar-refractivity contribution in [3.8, 4) is 0 Å². The lowest BCUT2D eigenvalue weighted by molar-refractivity contribution is -0.145. The van der Waals surface area contributed by atoms with Crippen LogP contribution in [0.5, 0.6) is 0 Å². The Morgan fingerprint density at radius 1 is 1.08 bits per heavy atom. The van der Waals surface area contributed by atoms with E-state index in [2.05, 4.69) is 5.32 Å². The minimum atomic E-state index is -3.80. The molecule has 0 aliphatic carbocycles. The fraction of sp³-hybridized carbons (Fsp3) is 0.500. The molecule has 8 nitrogen and oxygen atoms in total. The Morgan fingerprint density at radius 2 is 1.72 bits per heavy atom. The van der Waals surface area contributed by atoms with Crippen LogP contribution in [0.4, 0.5) is 4.79 Å². The second-order valence-corrected chi connectivity index (χ2v) is 6.61. The third-order valence-corrected chi connectivity index (χ3v) is 4.21. The summed E-state index contributed by atoms with van der Waals surface area (Å²) >= 11 is 0. The van der Waals surface area contributed by atoms with E-state index < -0.39 is 28.2 Å². The average molecular weight is 373 g/mol. The van der Waals surface area contributed by atoms with Crippen LogP contribution in [0.15, 0.2) is 30.3 Å². The summed E-state index contributed by atoms with van der Waals surface area (Å²) in [5.74, 6) is -0.956. The largest absolute Gasteiger partial charge is 0.464 e. The molecule has 0 unspecified atom stereocenters. The van der Waals surface area contributed by atoms with Crippen molar-refractivity contribution >= 4 is 22.2 Å². The standard InChI is InChI=1S/C16H23NO7S/c1-3-22-15(18)14(17-16(19)23-4-2)10-11-24-25(20,21)12-13-8-6-5-7-9-13/h5-9,14H,3-4,10-12H2,1-2H3,(H,17,19)/t14-/m0/s1. The van der Waals surface area contributed by atoms with Crippen LogP contribution in [-0.4, -0.2) is 46.3 Å². The highest BCUT2D eigenvalue weighted by Gasteiger charge is 2.24. The maximum atomic E-state index is 12.0. The average Bonchev–Trinajstić information content (AvgIpc) is 2.54. The fourth-order valence-electron chi connectivity index (χ4n) is 1.92. The molecular formula is C16H23NO7S. The molecule has 0 spiro atoms. The highest BCUT2D eigenvalue weighted by Crippen LogP contribution is 2.08. The van der Waals surface area contributed by atoms with E-state index in [1.807, 2.05) is 0 Å². The van der Waals surface area contributed by atoms with Crippen molar-refractivity contribution in [2.45, 2.75) is 32.1 Å². The number of hydrogen-bond acceptors (Lipinski definition) is 7. The van der Waals surface area contributed by atoms with Gasteiger partial charge in [-0.2, -0.15) is 8.42 Å². The van der Waals surface area contributed by atoms with Gasteiger partial charge in [-0.1, -0.05) is 30.3 Å². The van der Waals surface area contributed by atoms with Gasteiger partial charge in [-0.15, -0.1) is 0 Å². The van der Waals surface area contributed by atoms with Gasteiger partial charge in [-0.3, -0.25) is 4.18 Å². The van der Waals surface area contributed by atoms with Crippen LogP contribution in [0.2, 0.25) is 0 Å². The number of rotatable bonds is 10. The molecule has 1 rings (SSSR count). The van der Waals surface area contributed by atoms with E-state index in [1.54, 1.807) is 44.2 Å². The molecule has 0 fully saturated rings. The van der Waals surface area contributed by atoms with Crippen LogP contribution >= 0.6 is 0 Å². The first kappa shape index (κ1) is 20.9. The molecule has 0 heterocycles. The van der Waals surface area contributed by atoms with E-state index in [0.717, 1.165) is 0 Å². The number of alkyl carbamates (subject to hydrolysis) is 1. The van der Waals surface area contributed by atoms with Gasteiger partial charge < -0.3 is 14.8 Å². The lowest BCUT2D eigenvalue weighted by Crippen LogP contribution is -2.43. The summed E-state index contributed by atoms with van der Waals surface area (Å²) in [6.07, 6.45) is -0.848. The van der Waals surface area contributed by atoms with E-state index in [0.29, 0.717) is 5.56 Å². The van der Waals surface area contributed by atoms with Gasteiger partial charge in [0, 0.05) is 6.42 Å². The van der Waals surface area contributed by atoms with Crippen molar-refractivity contribution < 1.29 is 31.7 Å². The first-order valence-corrected chi connectivity index (χ1v) is 9.46. The molecule has 9 heteroatoms. The smallest absolute Gasteiger partial charge is 0.407 e. The SMILES string of the molecule is CCOC(=O)N[C@@H](CCOS(=O)(=O)Cc1ccccc1)C(=O)OCC. The van der Waals surface area contributed by atoms with Crippen LogP contribution in [0, 0.1) is 0 Å². The summed E-state index contributed by atoms with van der Waals surface area (Å²) < 4.78 is 38.4. The molecule has 1 atom stereocenters. The van der Waals surface area contributed by atoms with Crippen LogP contribution in [0.25, 0.3) is 0 Å². The Bertz CT molecular complexity index is 646. The summed E-state index contributed by atoms with van der Waals surface area (Å²) in [4.78, 5) is 23.3. The van der Waals surface area contributed by atoms with E-state index >= 15 is 0 Å². The first-order valence-electron chi connectivity index (χ1n) is 7.89.